The van der Waals surface area contributed by atoms with Crippen LogP contribution in [0.4, 0.5) is 20.3 Å². The number of benzene rings is 1. The van der Waals surface area contributed by atoms with Gasteiger partial charge in [0.15, 0.2) is 0 Å². The molecule has 2 aromatic heterocycles. The van der Waals surface area contributed by atoms with Gasteiger partial charge in [0.25, 0.3) is 5.91 Å². The first-order valence-corrected chi connectivity index (χ1v) is 10.0. The van der Waals surface area contributed by atoms with Gasteiger partial charge in [0.05, 0.1) is 16.0 Å². The molecule has 1 N–H and O–H groups in total. The number of piperidine rings is 1. The van der Waals surface area contributed by atoms with Crippen LogP contribution in [0.3, 0.4) is 0 Å². The van der Waals surface area contributed by atoms with Crippen LogP contribution in [0.25, 0.3) is 10.2 Å². The van der Waals surface area contributed by atoms with Crippen LogP contribution in [0.5, 0.6) is 0 Å². The summed E-state index contributed by atoms with van der Waals surface area (Å²) >= 11 is 1.25. The van der Waals surface area contributed by atoms with Crippen LogP contribution in [-0.4, -0.2) is 28.5 Å². The van der Waals surface area contributed by atoms with Gasteiger partial charge in [-0.1, -0.05) is 0 Å². The van der Waals surface area contributed by atoms with E-state index in [1.54, 1.807) is 0 Å². The first-order valence-electron chi connectivity index (χ1n) is 9.23. The number of nitrogens with zero attached hydrogens (tertiary/aromatic N) is 3. The number of aromatic nitrogens is 2. The highest BCUT2D eigenvalue weighted by Gasteiger charge is 2.26. The van der Waals surface area contributed by atoms with Crippen molar-refractivity contribution in [3.63, 3.8) is 0 Å². The summed E-state index contributed by atoms with van der Waals surface area (Å²) in [5.74, 6) is -1.10. The standard InChI is InChI=1S/C20H20F2N4OS/c1-11-5-3-4-8-26(11)18-16-12(2)17(28-20(16)24-10-23-18)19(27)25-15-7-6-13(21)9-14(15)22/h6-7,9-11H,3-5,8H2,1-2H3,(H,25,27)/t11-/m0/s1. The number of nitrogens with one attached hydrogen (secondary N) is 1. The van der Waals surface area contributed by atoms with Gasteiger partial charge in [-0.05, 0) is 50.8 Å². The molecular weight excluding hydrogens is 382 g/mol. The fourth-order valence-corrected chi connectivity index (χ4v) is 4.71. The van der Waals surface area contributed by atoms with E-state index >= 15 is 0 Å². The molecule has 0 spiro atoms. The monoisotopic (exact) mass is 402 g/mol. The van der Waals surface area contributed by atoms with E-state index in [9.17, 15) is 13.6 Å². The lowest BCUT2D eigenvalue weighted by molar-refractivity contribution is 0.102. The van der Waals surface area contributed by atoms with E-state index in [1.165, 1.54) is 30.2 Å². The van der Waals surface area contributed by atoms with Crippen LogP contribution in [0, 0.1) is 18.6 Å². The highest BCUT2D eigenvalue weighted by atomic mass is 32.1. The molecule has 0 saturated carbocycles. The molecule has 3 aromatic rings. The van der Waals surface area contributed by atoms with Gasteiger partial charge in [-0.3, -0.25) is 4.79 Å². The number of thiophene rings is 1. The van der Waals surface area contributed by atoms with Crippen molar-refractivity contribution < 1.29 is 13.6 Å². The zero-order chi connectivity index (χ0) is 19.8. The minimum atomic E-state index is -0.810. The Morgan fingerprint density at radius 2 is 2.11 bits per heavy atom. The molecule has 0 aliphatic carbocycles. The van der Waals surface area contributed by atoms with Gasteiger partial charge in [0.1, 0.15) is 28.6 Å². The summed E-state index contributed by atoms with van der Waals surface area (Å²) in [7, 11) is 0. The SMILES string of the molecule is Cc1c(C(=O)Nc2ccc(F)cc2F)sc2ncnc(N3CCCC[C@@H]3C)c12. The average Bonchev–Trinajstić information content (AvgIpc) is 3.01. The van der Waals surface area contributed by atoms with E-state index in [0.29, 0.717) is 10.9 Å². The molecule has 0 unspecified atom stereocenters. The maximum atomic E-state index is 13.9. The number of rotatable bonds is 3. The fraction of sp³-hybridized carbons (Fsp3) is 0.350. The number of aryl methyl sites for hydroxylation is 1. The molecule has 1 fully saturated rings. The molecule has 1 atom stereocenters. The second-order valence-corrected chi connectivity index (χ2v) is 8.05. The summed E-state index contributed by atoms with van der Waals surface area (Å²) in [6.45, 7) is 4.96. The summed E-state index contributed by atoms with van der Waals surface area (Å²) in [6, 6.07) is 3.44. The molecule has 28 heavy (non-hydrogen) atoms. The lowest BCUT2D eigenvalue weighted by Crippen LogP contribution is -2.38. The molecule has 8 heteroatoms. The van der Waals surface area contributed by atoms with Crippen molar-refractivity contribution in [1.29, 1.82) is 0 Å². The Morgan fingerprint density at radius 1 is 1.29 bits per heavy atom. The van der Waals surface area contributed by atoms with Crippen molar-refractivity contribution >= 4 is 39.0 Å². The summed E-state index contributed by atoms with van der Waals surface area (Å²) in [5, 5.41) is 3.40. The van der Waals surface area contributed by atoms with Crippen LogP contribution < -0.4 is 10.2 Å². The maximum absolute atomic E-state index is 13.9. The first kappa shape index (κ1) is 18.7. The molecule has 1 amide bonds. The van der Waals surface area contributed by atoms with E-state index in [0.717, 1.165) is 53.1 Å². The van der Waals surface area contributed by atoms with Gasteiger partial charge in [-0.2, -0.15) is 0 Å². The smallest absolute Gasteiger partial charge is 0.266 e. The third-order valence-electron chi connectivity index (χ3n) is 5.17. The van der Waals surface area contributed by atoms with Crippen LogP contribution >= 0.6 is 11.3 Å². The number of hydrogen-bond donors (Lipinski definition) is 1. The second kappa shape index (κ2) is 7.43. The number of carbonyl (C=O) groups is 1. The van der Waals surface area contributed by atoms with Gasteiger partial charge in [-0.15, -0.1) is 11.3 Å². The molecular formula is C20H20F2N4OS. The highest BCUT2D eigenvalue weighted by molar-refractivity contribution is 7.20. The lowest BCUT2D eigenvalue weighted by Gasteiger charge is -2.34. The highest BCUT2D eigenvalue weighted by Crippen LogP contribution is 2.37. The van der Waals surface area contributed by atoms with E-state index < -0.39 is 17.5 Å². The number of anilines is 2. The Balaban J connectivity index is 1.71. The Bertz CT molecular complexity index is 1050. The summed E-state index contributed by atoms with van der Waals surface area (Å²) in [6.07, 6.45) is 4.93. The predicted octanol–water partition coefficient (Wildman–Crippen LogP) is 4.91. The van der Waals surface area contributed by atoms with Crippen LogP contribution in [0.15, 0.2) is 24.5 Å². The lowest BCUT2D eigenvalue weighted by atomic mass is 10.0. The Hall–Kier alpha value is -2.61. The number of hydrogen-bond acceptors (Lipinski definition) is 5. The second-order valence-electron chi connectivity index (χ2n) is 7.05. The van der Waals surface area contributed by atoms with Crippen molar-refractivity contribution in [2.45, 2.75) is 39.2 Å². The van der Waals surface area contributed by atoms with E-state index in [-0.39, 0.29) is 5.69 Å². The molecule has 5 nitrogen and oxygen atoms in total. The van der Waals surface area contributed by atoms with Crippen LogP contribution in [0.1, 0.15) is 41.4 Å². The molecule has 4 rings (SSSR count). The zero-order valence-corrected chi connectivity index (χ0v) is 16.4. The first-order chi connectivity index (χ1) is 13.5. The minimum absolute atomic E-state index is 0.0563. The van der Waals surface area contributed by atoms with Gasteiger partial charge >= 0.3 is 0 Å². The normalized spacial score (nSPS) is 17.1. The van der Waals surface area contributed by atoms with Crippen LogP contribution in [0.2, 0.25) is 0 Å². The number of amides is 1. The van der Waals surface area contributed by atoms with E-state index in [1.807, 2.05) is 6.92 Å². The third-order valence-corrected chi connectivity index (χ3v) is 6.37. The third kappa shape index (κ3) is 3.32. The Morgan fingerprint density at radius 3 is 2.86 bits per heavy atom. The number of carbonyl (C=O) groups excluding carboxylic acids is 1. The molecule has 0 bridgehead atoms. The molecule has 3 heterocycles. The van der Waals surface area contributed by atoms with Crippen molar-refractivity contribution in [3.05, 3.63) is 46.6 Å². The zero-order valence-electron chi connectivity index (χ0n) is 15.6. The molecule has 1 saturated heterocycles. The molecule has 1 aromatic carbocycles. The maximum Gasteiger partial charge on any atom is 0.266 e. The quantitative estimate of drug-likeness (QED) is 0.676. The van der Waals surface area contributed by atoms with Gasteiger partial charge in [-0.25, -0.2) is 18.7 Å². The van der Waals surface area contributed by atoms with Crippen molar-refractivity contribution in [2.24, 2.45) is 0 Å². The Kier molecular flexibility index (Phi) is 4.97. The van der Waals surface area contributed by atoms with E-state index in [4.69, 9.17) is 0 Å². The topological polar surface area (TPSA) is 58.1 Å². The molecule has 1 aliphatic rings. The minimum Gasteiger partial charge on any atom is -0.353 e. The van der Waals surface area contributed by atoms with E-state index in [2.05, 4.69) is 27.1 Å². The predicted molar refractivity (Wildman–Crippen MR) is 107 cm³/mol. The largest absolute Gasteiger partial charge is 0.353 e. The van der Waals surface area contributed by atoms with Gasteiger partial charge in [0.2, 0.25) is 0 Å². The summed E-state index contributed by atoms with van der Waals surface area (Å²) in [5.41, 5.74) is 0.715. The molecule has 146 valence electrons. The van der Waals surface area contributed by atoms with Gasteiger partial charge < -0.3 is 10.2 Å². The number of fused-ring (bicyclic) bond motifs is 1. The molecule has 0 radical (unpaired) electrons. The van der Waals surface area contributed by atoms with Crippen molar-refractivity contribution in [3.8, 4) is 0 Å². The number of halogens is 2. The average molecular weight is 402 g/mol. The van der Waals surface area contributed by atoms with Crippen LogP contribution in [-0.2, 0) is 0 Å². The summed E-state index contributed by atoms with van der Waals surface area (Å²) < 4.78 is 27.0. The fourth-order valence-electron chi connectivity index (χ4n) is 3.67. The van der Waals surface area contributed by atoms with Gasteiger partial charge in [0, 0.05) is 18.7 Å². The van der Waals surface area contributed by atoms with Crippen molar-refractivity contribution in [1.82, 2.24) is 9.97 Å². The summed E-state index contributed by atoms with van der Waals surface area (Å²) in [4.78, 5) is 25.1. The van der Waals surface area contributed by atoms with Crippen molar-refractivity contribution in [2.75, 3.05) is 16.8 Å². The molecule has 1 aliphatic heterocycles. The Labute approximate surface area is 165 Å².